The minimum Gasteiger partial charge on any atom is -0.337 e. The van der Waals surface area contributed by atoms with Crippen LogP contribution in [-0.4, -0.2) is 33.6 Å². The molecule has 0 aliphatic heterocycles. The Kier molecular flexibility index (Phi) is 6.10. The number of nitro benzene ring substituents is 1. The van der Waals surface area contributed by atoms with Crippen LogP contribution in [0.15, 0.2) is 59.8 Å². The number of imidazole rings is 1. The van der Waals surface area contributed by atoms with Crippen LogP contribution in [0.3, 0.4) is 0 Å². The number of benzene rings is 2. The van der Waals surface area contributed by atoms with Crippen molar-refractivity contribution in [1.29, 1.82) is 0 Å². The number of nitro groups is 1. The van der Waals surface area contributed by atoms with Gasteiger partial charge in [0.15, 0.2) is 5.16 Å². The van der Waals surface area contributed by atoms with Crippen molar-refractivity contribution in [3.8, 4) is 0 Å². The van der Waals surface area contributed by atoms with Crippen LogP contribution < -0.4 is 4.90 Å². The molecule has 3 aromatic rings. The lowest BCUT2D eigenvalue weighted by atomic mass is 10.1. The molecule has 7 nitrogen and oxygen atoms in total. The van der Waals surface area contributed by atoms with Crippen molar-refractivity contribution in [2.75, 3.05) is 17.7 Å². The first kappa shape index (κ1) is 19.6. The van der Waals surface area contributed by atoms with E-state index >= 15 is 0 Å². The summed E-state index contributed by atoms with van der Waals surface area (Å²) in [6.45, 7) is 1.97. The van der Waals surface area contributed by atoms with Gasteiger partial charge in [-0.05, 0) is 24.6 Å². The fourth-order valence-electron chi connectivity index (χ4n) is 2.67. The van der Waals surface area contributed by atoms with Crippen LogP contribution in [0.2, 0.25) is 0 Å². The van der Waals surface area contributed by atoms with Crippen LogP contribution in [0.25, 0.3) is 0 Å². The molecule has 0 aliphatic carbocycles. The highest BCUT2D eigenvalue weighted by Crippen LogP contribution is 2.22. The number of hydrogen-bond acceptors (Lipinski definition) is 5. The van der Waals surface area contributed by atoms with Gasteiger partial charge in [0.1, 0.15) is 0 Å². The number of amides is 1. The third-order valence-corrected chi connectivity index (χ3v) is 5.19. The Hall–Kier alpha value is -3.13. The van der Waals surface area contributed by atoms with E-state index in [-0.39, 0.29) is 17.3 Å². The van der Waals surface area contributed by atoms with Gasteiger partial charge in [0.2, 0.25) is 5.91 Å². The van der Waals surface area contributed by atoms with E-state index in [9.17, 15) is 14.9 Å². The highest BCUT2D eigenvalue weighted by atomic mass is 32.2. The van der Waals surface area contributed by atoms with Crippen LogP contribution in [0.5, 0.6) is 0 Å². The molecule has 1 heterocycles. The number of nitrogens with one attached hydrogen (secondary N) is 1. The average Bonchev–Trinajstić information content (AvgIpc) is 3.05. The molecule has 0 fully saturated rings. The largest absolute Gasteiger partial charge is 0.337 e. The fourth-order valence-corrected chi connectivity index (χ4v) is 3.52. The van der Waals surface area contributed by atoms with Crippen molar-refractivity contribution in [3.05, 3.63) is 81.7 Å². The third kappa shape index (κ3) is 4.77. The van der Waals surface area contributed by atoms with Crippen LogP contribution in [0.1, 0.15) is 17.0 Å². The van der Waals surface area contributed by atoms with Crippen molar-refractivity contribution in [2.45, 2.75) is 18.5 Å². The first-order chi connectivity index (χ1) is 13.4. The molecule has 1 amide bonds. The summed E-state index contributed by atoms with van der Waals surface area (Å²) in [5.74, 6) is 0.100. The maximum absolute atomic E-state index is 12.4. The van der Waals surface area contributed by atoms with Gasteiger partial charge in [-0.25, -0.2) is 4.98 Å². The summed E-state index contributed by atoms with van der Waals surface area (Å²) >= 11 is 1.34. The number of aromatic amines is 1. The van der Waals surface area contributed by atoms with Crippen molar-refractivity contribution in [3.63, 3.8) is 0 Å². The maximum atomic E-state index is 12.4. The Bertz CT molecular complexity index is 971. The number of aryl methyl sites for hydroxylation is 1. The van der Waals surface area contributed by atoms with Gasteiger partial charge in [-0.1, -0.05) is 42.1 Å². The predicted molar refractivity (Wildman–Crippen MR) is 110 cm³/mol. The highest BCUT2D eigenvalue weighted by molar-refractivity contribution is 7.99. The van der Waals surface area contributed by atoms with Gasteiger partial charge >= 0.3 is 0 Å². The number of anilines is 1. The van der Waals surface area contributed by atoms with E-state index < -0.39 is 4.92 Å². The number of carbonyl (C=O) groups excluding carboxylic acids is 1. The van der Waals surface area contributed by atoms with E-state index in [4.69, 9.17) is 0 Å². The number of nitrogens with zero attached hydrogens (tertiary/aromatic N) is 3. The van der Waals surface area contributed by atoms with E-state index in [1.165, 1.54) is 34.4 Å². The zero-order chi connectivity index (χ0) is 20.1. The Balaban J connectivity index is 1.59. The molecule has 2 aromatic carbocycles. The number of H-pyrrole nitrogens is 1. The van der Waals surface area contributed by atoms with Gasteiger partial charge < -0.3 is 9.88 Å². The molecule has 3 rings (SSSR count). The van der Waals surface area contributed by atoms with Gasteiger partial charge in [0, 0.05) is 37.0 Å². The Morgan fingerprint density at radius 3 is 2.50 bits per heavy atom. The number of hydrogen-bond donors (Lipinski definition) is 1. The normalized spacial score (nSPS) is 10.6. The smallest absolute Gasteiger partial charge is 0.269 e. The number of non-ortho nitro benzene ring substituents is 1. The Morgan fingerprint density at radius 1 is 1.18 bits per heavy atom. The second-order valence-electron chi connectivity index (χ2n) is 6.29. The Labute approximate surface area is 166 Å². The summed E-state index contributed by atoms with van der Waals surface area (Å²) < 4.78 is 0. The first-order valence-electron chi connectivity index (χ1n) is 8.67. The van der Waals surface area contributed by atoms with Crippen LogP contribution >= 0.6 is 11.8 Å². The van der Waals surface area contributed by atoms with E-state index in [1.807, 2.05) is 25.1 Å². The molecule has 0 unspecified atom stereocenters. The minimum absolute atomic E-state index is 0.00372. The molecule has 8 heteroatoms. The van der Waals surface area contributed by atoms with E-state index in [0.29, 0.717) is 10.8 Å². The van der Waals surface area contributed by atoms with E-state index in [2.05, 4.69) is 22.1 Å². The summed E-state index contributed by atoms with van der Waals surface area (Å²) in [6, 6.07) is 16.0. The summed E-state index contributed by atoms with van der Waals surface area (Å²) in [5.41, 5.74) is 3.74. The molecule has 144 valence electrons. The van der Waals surface area contributed by atoms with Gasteiger partial charge in [-0.3, -0.25) is 14.9 Å². The molecule has 0 bridgehead atoms. The van der Waals surface area contributed by atoms with Gasteiger partial charge in [0.05, 0.1) is 16.4 Å². The summed E-state index contributed by atoms with van der Waals surface area (Å²) in [7, 11) is 1.65. The van der Waals surface area contributed by atoms with Crippen LogP contribution in [-0.2, 0) is 11.2 Å². The predicted octanol–water partition coefficient (Wildman–Crippen LogP) is 3.97. The monoisotopic (exact) mass is 396 g/mol. The van der Waals surface area contributed by atoms with Crippen molar-refractivity contribution < 1.29 is 9.72 Å². The molecular weight excluding hydrogens is 376 g/mol. The van der Waals surface area contributed by atoms with Crippen molar-refractivity contribution >= 4 is 29.0 Å². The lowest BCUT2D eigenvalue weighted by Gasteiger charge is -2.16. The van der Waals surface area contributed by atoms with Gasteiger partial charge in [-0.15, -0.1) is 0 Å². The Morgan fingerprint density at radius 2 is 1.86 bits per heavy atom. The zero-order valence-corrected chi connectivity index (χ0v) is 16.4. The SMILES string of the molecule is Cc1[nH]c(SCC(=O)N(C)c2ccc([N+](=O)[O-])cc2)nc1Cc1ccccc1. The second-order valence-corrected chi connectivity index (χ2v) is 7.26. The number of rotatable bonds is 7. The first-order valence-corrected chi connectivity index (χ1v) is 9.66. The lowest BCUT2D eigenvalue weighted by molar-refractivity contribution is -0.384. The number of carbonyl (C=O) groups is 1. The number of aromatic nitrogens is 2. The van der Waals surface area contributed by atoms with E-state index in [1.54, 1.807) is 19.2 Å². The molecule has 0 spiro atoms. The highest BCUT2D eigenvalue weighted by Gasteiger charge is 2.15. The topological polar surface area (TPSA) is 92.1 Å². The maximum Gasteiger partial charge on any atom is 0.269 e. The minimum atomic E-state index is -0.465. The van der Waals surface area contributed by atoms with Gasteiger partial charge in [-0.2, -0.15) is 0 Å². The second kappa shape index (κ2) is 8.71. The molecule has 1 aromatic heterocycles. The fraction of sp³-hybridized carbons (Fsp3) is 0.200. The lowest BCUT2D eigenvalue weighted by Crippen LogP contribution is -2.27. The molecule has 0 atom stereocenters. The van der Waals surface area contributed by atoms with E-state index in [0.717, 1.165) is 17.8 Å². The van der Waals surface area contributed by atoms with Crippen LogP contribution in [0, 0.1) is 17.0 Å². The van der Waals surface area contributed by atoms with Crippen molar-refractivity contribution in [1.82, 2.24) is 9.97 Å². The molecule has 1 N–H and O–H groups in total. The molecule has 0 saturated carbocycles. The standard InChI is InChI=1S/C20H20N4O3S/c1-14-18(12-15-6-4-3-5-7-15)22-20(21-14)28-13-19(25)23(2)16-8-10-17(11-9-16)24(26)27/h3-11H,12-13H2,1-2H3,(H,21,22). The van der Waals surface area contributed by atoms with Crippen LogP contribution in [0.4, 0.5) is 11.4 Å². The molecule has 0 radical (unpaired) electrons. The molecular formula is C20H20N4O3S. The summed E-state index contributed by atoms with van der Waals surface area (Å²) in [4.78, 5) is 32.0. The zero-order valence-electron chi connectivity index (χ0n) is 15.6. The summed E-state index contributed by atoms with van der Waals surface area (Å²) in [6.07, 6.45) is 0.736. The summed E-state index contributed by atoms with van der Waals surface area (Å²) in [5, 5.41) is 11.4. The molecule has 0 saturated heterocycles. The molecule has 0 aliphatic rings. The third-order valence-electron chi connectivity index (χ3n) is 4.33. The van der Waals surface area contributed by atoms with Gasteiger partial charge in [0.25, 0.3) is 5.69 Å². The quantitative estimate of drug-likeness (QED) is 0.371. The molecule has 28 heavy (non-hydrogen) atoms. The number of thioether (sulfide) groups is 1. The van der Waals surface area contributed by atoms with Crippen molar-refractivity contribution in [2.24, 2.45) is 0 Å². The average molecular weight is 396 g/mol.